The third kappa shape index (κ3) is 3.41. The molecule has 8 nitrogen and oxygen atoms in total. The molecule has 2 aromatic carbocycles. The van der Waals surface area contributed by atoms with Crippen LogP contribution in [-0.2, 0) is 5.75 Å². The number of imidazole rings is 1. The summed E-state index contributed by atoms with van der Waals surface area (Å²) in [6.45, 7) is 0. The Hall–Kier alpha value is -3.82. The third-order valence-electron chi connectivity index (χ3n) is 5.52. The average Bonchev–Trinajstić information content (AvgIpc) is 3.46. The first-order valence-corrected chi connectivity index (χ1v) is 11.8. The highest BCUT2D eigenvalue weighted by Gasteiger charge is 2.18. The summed E-state index contributed by atoms with van der Waals surface area (Å²) in [5.41, 5.74) is 2.94. The van der Waals surface area contributed by atoms with Crippen LogP contribution in [0.2, 0.25) is 5.02 Å². The minimum atomic E-state index is -0.169. The molecule has 10 heteroatoms. The van der Waals surface area contributed by atoms with E-state index >= 15 is 0 Å². The summed E-state index contributed by atoms with van der Waals surface area (Å²) in [7, 11) is 1.59. The third-order valence-corrected chi connectivity index (χ3v) is 6.71. The van der Waals surface area contributed by atoms with Crippen molar-refractivity contribution in [3.8, 4) is 11.4 Å². The second-order valence-corrected chi connectivity index (χ2v) is 8.99. The summed E-state index contributed by atoms with van der Waals surface area (Å²) < 4.78 is 10.7. The van der Waals surface area contributed by atoms with Gasteiger partial charge in [0.1, 0.15) is 11.4 Å². The molecule has 6 rings (SSSR count). The van der Waals surface area contributed by atoms with Crippen molar-refractivity contribution >= 4 is 45.7 Å². The zero-order valence-electron chi connectivity index (χ0n) is 17.9. The highest BCUT2D eigenvalue weighted by atomic mass is 35.5. The van der Waals surface area contributed by atoms with Gasteiger partial charge in [-0.2, -0.15) is 0 Å². The van der Waals surface area contributed by atoms with Crippen LogP contribution in [0.3, 0.4) is 0 Å². The molecule has 0 atom stereocenters. The van der Waals surface area contributed by atoms with E-state index in [1.54, 1.807) is 17.7 Å². The van der Waals surface area contributed by atoms with Gasteiger partial charge in [0.25, 0.3) is 5.56 Å². The molecule has 4 aromatic heterocycles. The van der Waals surface area contributed by atoms with Crippen molar-refractivity contribution in [3.05, 3.63) is 94.1 Å². The van der Waals surface area contributed by atoms with Gasteiger partial charge in [-0.05, 0) is 36.4 Å². The van der Waals surface area contributed by atoms with Crippen molar-refractivity contribution < 1.29 is 4.74 Å². The van der Waals surface area contributed by atoms with Crippen molar-refractivity contribution in [1.82, 2.24) is 28.5 Å². The van der Waals surface area contributed by atoms with E-state index in [1.165, 1.54) is 11.8 Å². The number of benzene rings is 2. The molecule has 0 spiro atoms. The number of fused-ring (bicyclic) bond motifs is 4. The van der Waals surface area contributed by atoms with Gasteiger partial charge in [0.15, 0.2) is 5.16 Å². The van der Waals surface area contributed by atoms with Crippen molar-refractivity contribution in [1.29, 1.82) is 0 Å². The van der Waals surface area contributed by atoms with Gasteiger partial charge >= 0.3 is 0 Å². The highest BCUT2D eigenvalue weighted by molar-refractivity contribution is 7.98. The number of hydrogen-bond donors (Lipinski definition) is 0. The number of rotatable bonds is 5. The van der Waals surface area contributed by atoms with Crippen LogP contribution in [0.4, 0.5) is 0 Å². The Balaban J connectivity index is 1.49. The van der Waals surface area contributed by atoms with Crippen LogP contribution in [0, 0.1) is 0 Å². The molecule has 0 fully saturated rings. The van der Waals surface area contributed by atoms with Crippen molar-refractivity contribution in [2.45, 2.75) is 10.9 Å². The zero-order chi connectivity index (χ0) is 23.2. The molecule has 0 unspecified atom stereocenters. The molecule has 0 saturated heterocycles. The minimum absolute atomic E-state index is 0.169. The fourth-order valence-corrected chi connectivity index (χ4v) is 4.97. The lowest BCUT2D eigenvalue weighted by Gasteiger charge is -2.12. The van der Waals surface area contributed by atoms with Gasteiger partial charge < -0.3 is 9.14 Å². The van der Waals surface area contributed by atoms with E-state index in [9.17, 15) is 4.79 Å². The Morgan fingerprint density at radius 2 is 1.91 bits per heavy atom. The lowest BCUT2D eigenvalue weighted by Crippen LogP contribution is -2.21. The van der Waals surface area contributed by atoms with E-state index in [0.29, 0.717) is 38.5 Å². The van der Waals surface area contributed by atoms with Gasteiger partial charge in [0.2, 0.25) is 5.78 Å². The fourth-order valence-electron chi connectivity index (χ4n) is 3.98. The summed E-state index contributed by atoms with van der Waals surface area (Å²) in [6.07, 6.45) is 3.77. The lowest BCUT2D eigenvalue weighted by molar-refractivity contribution is 0.414. The summed E-state index contributed by atoms with van der Waals surface area (Å²) >= 11 is 7.59. The quantitative estimate of drug-likeness (QED) is 0.329. The molecule has 0 amide bonds. The monoisotopic (exact) mass is 488 g/mol. The number of para-hydroxylation sites is 1. The largest absolute Gasteiger partial charge is 0.497 e. The fraction of sp³-hybridized carbons (Fsp3) is 0.0833. The molecule has 0 aliphatic heterocycles. The van der Waals surface area contributed by atoms with E-state index in [0.717, 1.165) is 16.9 Å². The highest BCUT2D eigenvalue weighted by Crippen LogP contribution is 2.26. The van der Waals surface area contributed by atoms with Crippen LogP contribution in [0.5, 0.6) is 5.75 Å². The first-order valence-electron chi connectivity index (χ1n) is 10.4. The smallest absolute Gasteiger partial charge is 0.267 e. The molecule has 168 valence electrons. The Morgan fingerprint density at radius 1 is 1.03 bits per heavy atom. The Bertz CT molecular complexity index is 1760. The molecule has 0 saturated carbocycles. The van der Waals surface area contributed by atoms with Crippen molar-refractivity contribution in [3.63, 3.8) is 0 Å². The molecule has 0 aliphatic rings. The van der Waals surface area contributed by atoms with Gasteiger partial charge in [0.05, 0.1) is 34.4 Å². The van der Waals surface area contributed by atoms with E-state index in [4.69, 9.17) is 16.3 Å². The second-order valence-electron chi connectivity index (χ2n) is 7.61. The van der Waals surface area contributed by atoms with Crippen LogP contribution in [-0.4, -0.2) is 35.7 Å². The lowest BCUT2D eigenvalue weighted by atomic mass is 10.2. The van der Waals surface area contributed by atoms with Crippen LogP contribution in [0.15, 0.2) is 83.0 Å². The molecule has 6 aromatic rings. The molecule has 0 radical (unpaired) electrons. The van der Waals surface area contributed by atoms with Gasteiger partial charge in [0, 0.05) is 24.2 Å². The maximum atomic E-state index is 13.5. The predicted octanol–water partition coefficient (Wildman–Crippen LogP) is 4.64. The zero-order valence-corrected chi connectivity index (χ0v) is 19.5. The molecule has 0 aliphatic carbocycles. The van der Waals surface area contributed by atoms with E-state index in [2.05, 4.69) is 15.2 Å². The number of methoxy groups -OCH3 is 1. The van der Waals surface area contributed by atoms with E-state index < -0.39 is 0 Å². The maximum absolute atomic E-state index is 13.5. The Labute approximate surface area is 202 Å². The average molecular weight is 489 g/mol. The molecule has 34 heavy (non-hydrogen) atoms. The number of halogens is 1. The number of thioether (sulfide) groups is 1. The van der Waals surface area contributed by atoms with Crippen LogP contribution in [0.1, 0.15) is 5.69 Å². The Morgan fingerprint density at radius 3 is 2.79 bits per heavy atom. The van der Waals surface area contributed by atoms with Crippen molar-refractivity contribution in [2.75, 3.05) is 7.11 Å². The molecular formula is C24H17ClN6O2S. The van der Waals surface area contributed by atoms with E-state index in [-0.39, 0.29) is 5.56 Å². The summed E-state index contributed by atoms with van der Waals surface area (Å²) in [5.74, 6) is 1.66. The van der Waals surface area contributed by atoms with Crippen molar-refractivity contribution in [2.24, 2.45) is 0 Å². The van der Waals surface area contributed by atoms with E-state index in [1.807, 2.05) is 75.8 Å². The van der Waals surface area contributed by atoms with Crippen LogP contribution >= 0.6 is 23.4 Å². The number of hydrogen-bond acceptors (Lipinski definition) is 6. The van der Waals surface area contributed by atoms with Gasteiger partial charge in [-0.25, -0.2) is 9.55 Å². The molecule has 0 bridgehead atoms. The molecule has 0 N–H and O–H groups in total. The van der Waals surface area contributed by atoms with Crippen LogP contribution in [0.25, 0.3) is 28.0 Å². The SMILES string of the molecule is COc1cccc(-n2c(=O)c3ccccc3n3c(SCc4cn5cc(Cl)ccc5n4)nnc23)c1. The maximum Gasteiger partial charge on any atom is 0.267 e. The topological polar surface area (TPSA) is 78.7 Å². The normalized spacial score (nSPS) is 11.6. The van der Waals surface area contributed by atoms with Gasteiger partial charge in [-0.3, -0.25) is 9.20 Å². The summed E-state index contributed by atoms with van der Waals surface area (Å²) in [6, 6.07) is 18.5. The van der Waals surface area contributed by atoms with Gasteiger partial charge in [-0.15, -0.1) is 10.2 Å². The standard InChI is InChI=1S/C24H17ClN6O2S/c1-33-18-6-4-5-17(11-18)30-22(32)19-7-2-3-8-20(19)31-23(30)27-28-24(31)34-14-16-13-29-12-15(25)9-10-21(29)26-16/h2-13H,14H2,1H3. The summed E-state index contributed by atoms with van der Waals surface area (Å²) in [4.78, 5) is 18.1. The number of aromatic nitrogens is 6. The summed E-state index contributed by atoms with van der Waals surface area (Å²) in [5, 5.41) is 10.7. The number of nitrogens with zero attached hydrogens (tertiary/aromatic N) is 6. The van der Waals surface area contributed by atoms with Gasteiger partial charge in [-0.1, -0.05) is 41.6 Å². The molecular weight excluding hydrogens is 472 g/mol. The number of ether oxygens (including phenoxy) is 1. The predicted molar refractivity (Wildman–Crippen MR) is 132 cm³/mol. The first-order chi connectivity index (χ1) is 16.6. The second kappa shape index (κ2) is 8.19. The van der Waals surface area contributed by atoms with Crippen LogP contribution < -0.4 is 10.3 Å². The first kappa shape index (κ1) is 20.8. The Kier molecular flexibility index (Phi) is 5.00. The number of pyridine rings is 1. The minimum Gasteiger partial charge on any atom is -0.497 e. The molecule has 4 heterocycles.